The monoisotopic (exact) mass is 364 g/mol. The van der Waals surface area contributed by atoms with E-state index in [1.807, 2.05) is 13.8 Å². The van der Waals surface area contributed by atoms with Crippen molar-refractivity contribution in [1.29, 1.82) is 0 Å². The van der Waals surface area contributed by atoms with Gasteiger partial charge >= 0.3 is 0 Å². The standard InChI is InChI=1S/C12H17BrN2O4S/c1-4-11(13)8(2)10-6-5-9(20(18,19)14-3)7-12(10)15(16)17/h5-8,11,14H,4H2,1-3H3. The minimum Gasteiger partial charge on any atom is -0.258 e. The van der Waals surface area contributed by atoms with E-state index in [2.05, 4.69) is 20.7 Å². The number of nitrogens with zero attached hydrogens (tertiary/aromatic N) is 1. The molecule has 0 amide bonds. The van der Waals surface area contributed by atoms with E-state index in [9.17, 15) is 18.5 Å². The van der Waals surface area contributed by atoms with Crippen LogP contribution < -0.4 is 4.72 Å². The first kappa shape index (κ1) is 17.1. The average Bonchev–Trinajstić information content (AvgIpc) is 2.44. The van der Waals surface area contributed by atoms with Gasteiger partial charge in [-0.1, -0.05) is 35.8 Å². The Morgan fingerprint density at radius 1 is 1.45 bits per heavy atom. The van der Waals surface area contributed by atoms with Crippen LogP contribution in [-0.4, -0.2) is 25.2 Å². The Kier molecular flexibility index (Phi) is 5.67. The lowest BCUT2D eigenvalue weighted by Crippen LogP contribution is -2.19. The van der Waals surface area contributed by atoms with E-state index in [1.165, 1.54) is 19.2 Å². The topological polar surface area (TPSA) is 89.3 Å². The van der Waals surface area contributed by atoms with Crippen molar-refractivity contribution < 1.29 is 13.3 Å². The summed E-state index contributed by atoms with van der Waals surface area (Å²) < 4.78 is 25.6. The van der Waals surface area contributed by atoms with Crippen LogP contribution in [-0.2, 0) is 10.0 Å². The molecular formula is C12H17BrN2O4S. The number of nitro groups is 1. The third-order valence-corrected chi connectivity index (χ3v) is 6.05. The molecule has 0 spiro atoms. The number of sulfonamides is 1. The Morgan fingerprint density at radius 3 is 2.50 bits per heavy atom. The van der Waals surface area contributed by atoms with E-state index in [-0.39, 0.29) is 21.3 Å². The van der Waals surface area contributed by atoms with Gasteiger partial charge < -0.3 is 0 Å². The van der Waals surface area contributed by atoms with Crippen LogP contribution in [0, 0.1) is 10.1 Å². The minimum atomic E-state index is -3.69. The Bertz CT molecular complexity index is 603. The van der Waals surface area contributed by atoms with Crippen molar-refractivity contribution in [1.82, 2.24) is 4.72 Å². The molecule has 112 valence electrons. The lowest BCUT2D eigenvalue weighted by molar-refractivity contribution is -0.385. The van der Waals surface area contributed by atoms with Crippen molar-refractivity contribution in [3.05, 3.63) is 33.9 Å². The zero-order valence-electron chi connectivity index (χ0n) is 11.5. The van der Waals surface area contributed by atoms with Crippen LogP contribution in [0.2, 0.25) is 0 Å². The van der Waals surface area contributed by atoms with Crippen LogP contribution in [0.1, 0.15) is 31.7 Å². The summed E-state index contributed by atoms with van der Waals surface area (Å²) in [6.45, 7) is 3.85. The predicted octanol–water partition coefficient (Wildman–Crippen LogP) is 2.78. The summed E-state index contributed by atoms with van der Waals surface area (Å²) in [4.78, 5) is 10.6. The summed E-state index contributed by atoms with van der Waals surface area (Å²) in [5, 5.41) is 11.2. The van der Waals surface area contributed by atoms with Gasteiger partial charge in [0.15, 0.2) is 0 Å². The zero-order chi connectivity index (χ0) is 15.5. The van der Waals surface area contributed by atoms with Gasteiger partial charge in [-0.3, -0.25) is 10.1 Å². The molecule has 8 heteroatoms. The van der Waals surface area contributed by atoms with E-state index in [0.29, 0.717) is 5.56 Å². The minimum absolute atomic E-state index is 0.0907. The molecule has 6 nitrogen and oxygen atoms in total. The largest absolute Gasteiger partial charge is 0.274 e. The number of hydrogen-bond donors (Lipinski definition) is 1. The van der Waals surface area contributed by atoms with Gasteiger partial charge in [0.2, 0.25) is 10.0 Å². The number of alkyl halides is 1. The number of nitrogens with one attached hydrogen (secondary N) is 1. The molecule has 1 aromatic rings. The van der Waals surface area contributed by atoms with Crippen molar-refractivity contribution in [2.45, 2.75) is 35.9 Å². The van der Waals surface area contributed by atoms with E-state index in [0.717, 1.165) is 12.5 Å². The molecular weight excluding hydrogens is 348 g/mol. The zero-order valence-corrected chi connectivity index (χ0v) is 13.9. The number of benzene rings is 1. The molecule has 0 saturated heterocycles. The van der Waals surface area contributed by atoms with E-state index >= 15 is 0 Å². The predicted molar refractivity (Wildman–Crippen MR) is 80.8 cm³/mol. The Morgan fingerprint density at radius 2 is 2.05 bits per heavy atom. The molecule has 0 aliphatic rings. The van der Waals surface area contributed by atoms with Gasteiger partial charge in [-0.25, -0.2) is 13.1 Å². The fourth-order valence-electron chi connectivity index (χ4n) is 1.90. The molecule has 1 rings (SSSR count). The first-order valence-corrected chi connectivity index (χ1v) is 8.50. The van der Waals surface area contributed by atoms with Crippen LogP contribution in [0.25, 0.3) is 0 Å². The Labute approximate surface area is 126 Å². The van der Waals surface area contributed by atoms with Gasteiger partial charge in [0, 0.05) is 22.4 Å². The number of halogens is 1. The molecule has 1 aromatic carbocycles. The van der Waals surface area contributed by atoms with Crippen LogP contribution >= 0.6 is 15.9 Å². The third kappa shape index (κ3) is 3.56. The molecule has 2 unspecified atom stereocenters. The lowest BCUT2D eigenvalue weighted by Gasteiger charge is -2.17. The maximum Gasteiger partial charge on any atom is 0.274 e. The van der Waals surface area contributed by atoms with Crippen LogP contribution in [0.3, 0.4) is 0 Å². The fraction of sp³-hybridized carbons (Fsp3) is 0.500. The molecule has 0 bridgehead atoms. The molecule has 0 radical (unpaired) electrons. The van der Waals surface area contributed by atoms with Crippen molar-refractivity contribution in [2.75, 3.05) is 7.05 Å². The number of nitro benzene ring substituents is 1. The second kappa shape index (κ2) is 6.64. The maximum absolute atomic E-state index is 11.7. The first-order valence-electron chi connectivity index (χ1n) is 6.10. The summed E-state index contributed by atoms with van der Waals surface area (Å²) in [6, 6.07) is 4.00. The molecule has 2 atom stereocenters. The van der Waals surface area contributed by atoms with Crippen molar-refractivity contribution in [2.24, 2.45) is 0 Å². The number of hydrogen-bond acceptors (Lipinski definition) is 4. The van der Waals surface area contributed by atoms with Crippen molar-refractivity contribution in [3.8, 4) is 0 Å². The van der Waals surface area contributed by atoms with Gasteiger partial charge in [0.25, 0.3) is 5.69 Å². The van der Waals surface area contributed by atoms with Crippen LogP contribution in [0.4, 0.5) is 5.69 Å². The van der Waals surface area contributed by atoms with Crippen molar-refractivity contribution in [3.63, 3.8) is 0 Å². The summed E-state index contributed by atoms with van der Waals surface area (Å²) in [6.07, 6.45) is 0.814. The van der Waals surface area contributed by atoms with Crippen LogP contribution in [0.15, 0.2) is 23.1 Å². The summed E-state index contributed by atoms with van der Waals surface area (Å²) in [5.41, 5.74) is 0.348. The Hall–Kier alpha value is -0.990. The normalized spacial score (nSPS) is 14.8. The molecule has 0 aliphatic heterocycles. The average molecular weight is 365 g/mol. The van der Waals surface area contributed by atoms with E-state index < -0.39 is 14.9 Å². The lowest BCUT2D eigenvalue weighted by atomic mass is 9.95. The summed E-state index contributed by atoms with van der Waals surface area (Å²) in [7, 11) is -2.42. The molecule has 1 N–H and O–H groups in total. The molecule has 0 heterocycles. The highest BCUT2D eigenvalue weighted by Gasteiger charge is 2.26. The van der Waals surface area contributed by atoms with Crippen molar-refractivity contribution >= 4 is 31.6 Å². The highest BCUT2D eigenvalue weighted by Crippen LogP contribution is 2.34. The highest BCUT2D eigenvalue weighted by molar-refractivity contribution is 9.09. The molecule has 0 fully saturated rings. The quantitative estimate of drug-likeness (QED) is 0.477. The summed E-state index contributed by atoms with van der Waals surface area (Å²) in [5.74, 6) is -0.0910. The second-order valence-electron chi connectivity index (χ2n) is 4.40. The fourth-order valence-corrected chi connectivity index (χ4v) is 2.93. The maximum atomic E-state index is 11.7. The molecule has 0 aliphatic carbocycles. The molecule has 0 aromatic heterocycles. The smallest absolute Gasteiger partial charge is 0.258 e. The van der Waals surface area contributed by atoms with E-state index in [4.69, 9.17) is 0 Å². The SMILES string of the molecule is CCC(Br)C(C)c1ccc(S(=O)(=O)NC)cc1[N+](=O)[O-]. The van der Waals surface area contributed by atoms with Gasteiger partial charge in [-0.05, 0) is 19.5 Å². The van der Waals surface area contributed by atoms with Gasteiger partial charge in [0.1, 0.15) is 0 Å². The number of rotatable bonds is 6. The summed E-state index contributed by atoms with van der Waals surface area (Å²) >= 11 is 3.48. The Balaban J connectivity index is 3.39. The van der Waals surface area contributed by atoms with E-state index in [1.54, 1.807) is 0 Å². The highest BCUT2D eigenvalue weighted by atomic mass is 79.9. The van der Waals surface area contributed by atoms with Crippen LogP contribution in [0.5, 0.6) is 0 Å². The van der Waals surface area contributed by atoms with Gasteiger partial charge in [-0.15, -0.1) is 0 Å². The molecule has 20 heavy (non-hydrogen) atoms. The van der Waals surface area contributed by atoms with Gasteiger partial charge in [-0.2, -0.15) is 0 Å². The first-order chi connectivity index (χ1) is 9.24. The second-order valence-corrected chi connectivity index (χ2v) is 7.46. The molecule has 0 saturated carbocycles. The third-order valence-electron chi connectivity index (χ3n) is 3.20. The van der Waals surface area contributed by atoms with Gasteiger partial charge in [0.05, 0.1) is 9.82 Å².